The van der Waals surface area contributed by atoms with E-state index in [-0.39, 0.29) is 40.5 Å². The summed E-state index contributed by atoms with van der Waals surface area (Å²) in [5, 5.41) is 0. The van der Waals surface area contributed by atoms with E-state index in [2.05, 4.69) is 23.5 Å². The summed E-state index contributed by atoms with van der Waals surface area (Å²) in [6.07, 6.45) is 1.70. The third kappa shape index (κ3) is 3.20. The Bertz CT molecular complexity index is 106. The quantitative estimate of drug-likeness (QED) is 0.211. The van der Waals surface area contributed by atoms with Crippen LogP contribution >= 0.6 is 12.6 Å². The van der Waals surface area contributed by atoms with Gasteiger partial charge in [0, 0.05) is 0 Å². The van der Waals surface area contributed by atoms with Crippen molar-refractivity contribution in [3.63, 3.8) is 0 Å². The van der Waals surface area contributed by atoms with E-state index in [0.717, 1.165) is 0 Å². The van der Waals surface area contributed by atoms with Crippen molar-refractivity contribution >= 4 is 19.0 Å². The van der Waals surface area contributed by atoms with Gasteiger partial charge in [-0.05, 0) is 0 Å². The molecule has 7 heteroatoms. The molecule has 0 aromatic carbocycles. The minimum Gasteiger partial charge on any atom is -0.870 e. The van der Waals surface area contributed by atoms with Crippen LogP contribution in [-0.2, 0) is 4.79 Å². The van der Waals surface area contributed by atoms with Gasteiger partial charge in [0.1, 0.15) is 5.50 Å². The molecule has 0 spiro atoms. The first kappa shape index (κ1) is 13.3. The molecule has 1 aliphatic heterocycles. The molecule has 1 amide bonds. The molecule has 3 N–H and O–H groups in total. The van der Waals surface area contributed by atoms with Crippen LogP contribution in [-0.4, -0.2) is 29.0 Å². The van der Waals surface area contributed by atoms with Gasteiger partial charge in [0.25, 0.3) is 0 Å². The number of hydrazine groups is 1. The van der Waals surface area contributed by atoms with Gasteiger partial charge < -0.3 is 15.2 Å². The van der Waals surface area contributed by atoms with Crippen LogP contribution in [0.5, 0.6) is 0 Å². The molecule has 1 saturated heterocycles. The Balaban J connectivity index is 0. The number of nitrogens with zero attached hydrogens (tertiary/aromatic N) is 1. The van der Waals surface area contributed by atoms with Gasteiger partial charge in [-0.15, -0.1) is 12.6 Å². The van der Waals surface area contributed by atoms with Gasteiger partial charge in [-0.3, -0.25) is 0 Å². The molecule has 5 nitrogen and oxygen atoms in total. The average Bonchev–Trinajstić information content (AvgIpc) is 2.14. The molecule has 1 atom stereocenters. The molecule has 1 aliphatic rings. The normalized spacial score (nSPS) is 22.9. The minimum atomic E-state index is -0.229. The fourth-order valence-electron chi connectivity index (χ4n) is 0.469. The number of hydrogen-bond donors (Lipinski definition) is 3. The molecule has 0 aromatic rings. The Morgan fingerprint density at radius 3 is 2.50 bits per heavy atom. The van der Waals surface area contributed by atoms with Crippen molar-refractivity contribution in [3.05, 3.63) is 0 Å². The van der Waals surface area contributed by atoms with Crippen LogP contribution in [0.3, 0.4) is 0 Å². The molecule has 0 saturated carbocycles. The summed E-state index contributed by atoms with van der Waals surface area (Å²) in [7, 11) is 0. The van der Waals surface area contributed by atoms with Crippen molar-refractivity contribution in [3.8, 4) is 0 Å². The third-order valence-electron chi connectivity index (χ3n) is 0.893. The molecular formula is C3H7N3NaO2S-. The summed E-state index contributed by atoms with van der Waals surface area (Å²) in [6, 6.07) is 0. The van der Waals surface area contributed by atoms with Crippen LogP contribution < -0.4 is 40.4 Å². The van der Waals surface area contributed by atoms with Crippen molar-refractivity contribution < 1.29 is 39.8 Å². The minimum absolute atomic E-state index is 0. The monoisotopic (exact) mass is 172 g/mol. The van der Waals surface area contributed by atoms with Crippen LogP contribution in [0.1, 0.15) is 0 Å². The Morgan fingerprint density at radius 2 is 2.30 bits per heavy atom. The van der Waals surface area contributed by atoms with Gasteiger partial charge in [0.05, 0.1) is 6.67 Å². The molecule has 0 aliphatic carbocycles. The first-order valence-electron chi connectivity index (χ1n) is 2.15. The van der Waals surface area contributed by atoms with Gasteiger partial charge in [0.15, 0.2) is 0 Å². The SMILES string of the molecule is O=[C-]N1CNNC1S.[Na+].[OH-]. The van der Waals surface area contributed by atoms with Crippen LogP contribution in [0.2, 0.25) is 0 Å². The summed E-state index contributed by atoms with van der Waals surface area (Å²) in [5.74, 6) is 0. The predicted molar refractivity (Wildman–Crippen MR) is 33.4 cm³/mol. The van der Waals surface area contributed by atoms with Crippen LogP contribution in [0.25, 0.3) is 0 Å². The Morgan fingerprint density at radius 1 is 1.70 bits per heavy atom. The van der Waals surface area contributed by atoms with Gasteiger partial charge in [-0.1, -0.05) is 0 Å². The van der Waals surface area contributed by atoms with Crippen molar-refractivity contribution in [1.82, 2.24) is 15.8 Å². The van der Waals surface area contributed by atoms with Crippen molar-refractivity contribution in [2.75, 3.05) is 6.67 Å². The molecule has 54 valence electrons. The average molecular weight is 172 g/mol. The maximum Gasteiger partial charge on any atom is 1.00 e. The fraction of sp³-hybridized carbons (Fsp3) is 0.667. The van der Waals surface area contributed by atoms with Crippen molar-refractivity contribution in [1.29, 1.82) is 0 Å². The zero-order chi connectivity index (χ0) is 5.98. The van der Waals surface area contributed by atoms with Crippen LogP contribution in [0.15, 0.2) is 0 Å². The smallest absolute Gasteiger partial charge is 0.870 e. The largest absolute Gasteiger partial charge is 1.00 e. The van der Waals surface area contributed by atoms with E-state index in [4.69, 9.17) is 0 Å². The molecular weight excluding hydrogens is 165 g/mol. The van der Waals surface area contributed by atoms with E-state index >= 15 is 0 Å². The van der Waals surface area contributed by atoms with Crippen molar-refractivity contribution in [2.24, 2.45) is 0 Å². The molecule has 0 radical (unpaired) electrons. The number of rotatable bonds is 1. The summed E-state index contributed by atoms with van der Waals surface area (Å²) >= 11 is 3.96. The molecule has 10 heavy (non-hydrogen) atoms. The maximum atomic E-state index is 9.89. The van der Waals surface area contributed by atoms with E-state index in [1.165, 1.54) is 4.90 Å². The number of nitrogens with one attached hydrogen (secondary N) is 2. The first-order valence-corrected chi connectivity index (χ1v) is 2.67. The topological polar surface area (TPSA) is 74.4 Å². The van der Waals surface area contributed by atoms with Gasteiger partial charge >= 0.3 is 29.6 Å². The zero-order valence-electron chi connectivity index (χ0n) is 5.53. The van der Waals surface area contributed by atoms with Gasteiger partial charge in [-0.2, -0.15) is 6.41 Å². The fourth-order valence-corrected chi connectivity index (χ4v) is 0.689. The predicted octanol–water partition coefficient (Wildman–Crippen LogP) is -4.54. The third-order valence-corrected chi connectivity index (χ3v) is 1.30. The molecule has 1 heterocycles. The van der Waals surface area contributed by atoms with E-state index in [1.807, 2.05) is 0 Å². The summed E-state index contributed by atoms with van der Waals surface area (Å²) in [4.78, 5) is 11.3. The maximum absolute atomic E-state index is 9.89. The second-order valence-electron chi connectivity index (χ2n) is 1.41. The first-order chi connectivity index (χ1) is 3.84. The Kier molecular flexibility index (Phi) is 8.53. The zero-order valence-corrected chi connectivity index (χ0v) is 8.43. The Hall–Kier alpha value is 0.700. The number of carbonyl (C=O) groups excluding carboxylic acids is 1. The van der Waals surface area contributed by atoms with Gasteiger partial charge in [0.2, 0.25) is 0 Å². The number of hydrogen-bond acceptors (Lipinski definition) is 5. The molecule has 1 rings (SSSR count). The van der Waals surface area contributed by atoms with E-state index in [1.54, 1.807) is 6.41 Å². The number of thiol groups is 1. The summed E-state index contributed by atoms with van der Waals surface area (Å²) in [6.45, 7) is 0.470. The second-order valence-corrected chi connectivity index (χ2v) is 1.90. The summed E-state index contributed by atoms with van der Waals surface area (Å²) in [5.41, 5.74) is 5.18. The second kappa shape index (κ2) is 6.41. The molecule has 1 fully saturated rings. The van der Waals surface area contributed by atoms with Crippen LogP contribution in [0, 0.1) is 0 Å². The van der Waals surface area contributed by atoms with Crippen molar-refractivity contribution in [2.45, 2.75) is 5.50 Å². The van der Waals surface area contributed by atoms with Gasteiger partial charge in [-0.25, -0.2) is 10.9 Å². The standard InChI is InChI=1S/C3H6N3OS.Na.H2O/c7-2-6-1-4-5-3(6)8;;/h3-5,8H,1H2;;1H2/q-1;+1;/p-1. The summed E-state index contributed by atoms with van der Waals surface area (Å²) < 4.78 is 0. The molecule has 0 bridgehead atoms. The Labute approximate surface area is 86.5 Å². The van der Waals surface area contributed by atoms with Crippen LogP contribution in [0.4, 0.5) is 0 Å². The van der Waals surface area contributed by atoms with E-state index in [9.17, 15) is 4.79 Å². The number of amides is 1. The van der Waals surface area contributed by atoms with E-state index in [0.29, 0.717) is 6.67 Å². The molecule has 0 aromatic heterocycles. The molecule has 1 unspecified atom stereocenters. The van der Waals surface area contributed by atoms with E-state index < -0.39 is 0 Å².